The molecule has 0 rings (SSSR count). The molecule has 0 fully saturated rings. The third-order valence-corrected chi connectivity index (χ3v) is 5.55. The van der Waals surface area contributed by atoms with Gasteiger partial charge >= 0.3 is 11.9 Å². The van der Waals surface area contributed by atoms with Crippen molar-refractivity contribution < 1.29 is 28.2 Å². The monoisotopic (exact) mass is 350 g/mol. The average molecular weight is 350 g/mol. The van der Waals surface area contributed by atoms with Crippen LogP contribution in [0.25, 0.3) is 0 Å². The first-order chi connectivity index (χ1) is 10.0. The molecule has 2 N–H and O–H groups in total. The van der Waals surface area contributed by atoms with Crippen molar-refractivity contribution >= 4 is 44.2 Å². The van der Waals surface area contributed by atoms with Crippen molar-refractivity contribution in [3.05, 3.63) is 0 Å². The Labute approximate surface area is 137 Å². The Hall–Kier alpha value is -1.28. The van der Waals surface area contributed by atoms with Crippen LogP contribution in [0.4, 0.5) is 0 Å². The van der Waals surface area contributed by atoms with Gasteiger partial charge in [0.1, 0.15) is 0 Å². The molecule has 0 bridgehead atoms. The van der Waals surface area contributed by atoms with Gasteiger partial charge in [-0.1, -0.05) is 0 Å². The second kappa shape index (κ2) is 8.38. The number of aliphatic carboxylic acids is 2. The van der Waals surface area contributed by atoms with E-state index in [1.165, 1.54) is 27.7 Å². The Morgan fingerprint density at radius 1 is 0.773 bits per heavy atom. The van der Waals surface area contributed by atoms with Crippen molar-refractivity contribution in [3.63, 3.8) is 0 Å². The van der Waals surface area contributed by atoms with E-state index in [1.807, 2.05) is 0 Å². The molecule has 0 aromatic heterocycles. The number of carboxylic acids is 2. The van der Waals surface area contributed by atoms with E-state index >= 15 is 0 Å². The van der Waals surface area contributed by atoms with Gasteiger partial charge in [-0.2, -0.15) is 0 Å². The molecule has 8 heteroatoms. The smallest absolute Gasteiger partial charge is 0.314 e. The summed E-state index contributed by atoms with van der Waals surface area (Å²) in [5.41, 5.74) is -2.40. The minimum absolute atomic E-state index is 0.198. The lowest BCUT2D eigenvalue weighted by Crippen LogP contribution is -2.34. The summed E-state index contributed by atoms with van der Waals surface area (Å²) in [7, 11) is 0. The maximum atomic E-state index is 11.1. The number of rotatable bonds is 9. The molecule has 0 spiro atoms. The quantitative estimate of drug-likeness (QED) is 0.482. The molecule has 0 unspecified atom stereocenters. The molecule has 0 saturated heterocycles. The van der Waals surface area contributed by atoms with Crippen molar-refractivity contribution in [1.29, 1.82) is 0 Å². The fourth-order valence-electron chi connectivity index (χ4n) is 1.73. The lowest BCUT2D eigenvalue weighted by Gasteiger charge is -2.21. The Balaban J connectivity index is 4.68. The Morgan fingerprint density at radius 2 is 1.05 bits per heavy atom. The van der Waals surface area contributed by atoms with Crippen LogP contribution in [-0.4, -0.2) is 40.3 Å². The molecule has 0 aromatic carbocycles. The molecule has 0 atom stereocenters. The van der Waals surface area contributed by atoms with E-state index in [1.54, 1.807) is 0 Å². The van der Waals surface area contributed by atoms with E-state index in [4.69, 9.17) is 10.2 Å². The molecule has 0 heterocycles. The largest absolute Gasteiger partial charge is 0.481 e. The maximum Gasteiger partial charge on any atom is 0.314 e. The summed E-state index contributed by atoms with van der Waals surface area (Å²) in [6, 6.07) is 0. The van der Waals surface area contributed by atoms with Crippen LogP contribution < -0.4 is 0 Å². The van der Waals surface area contributed by atoms with E-state index in [-0.39, 0.29) is 22.5 Å². The van der Waals surface area contributed by atoms with Crippen molar-refractivity contribution in [2.75, 3.05) is 0 Å². The van der Waals surface area contributed by atoms with Crippen LogP contribution in [0.3, 0.4) is 0 Å². The highest BCUT2D eigenvalue weighted by molar-refractivity contribution is 7.67. The second-order valence-corrected chi connectivity index (χ2v) is 7.40. The van der Waals surface area contributed by atoms with Gasteiger partial charge in [-0.25, -0.2) is 8.42 Å². The first kappa shape index (κ1) is 20.7. The van der Waals surface area contributed by atoms with Crippen molar-refractivity contribution in [2.24, 2.45) is 10.8 Å². The van der Waals surface area contributed by atoms with Gasteiger partial charge in [0.2, 0.25) is 0 Å². The van der Waals surface area contributed by atoms with Gasteiger partial charge in [-0.3, -0.25) is 9.59 Å². The standard InChI is InChI=1S/C14H22O6S2/c1-13(2,11(15)16)9(21-19)7-5-6-8-10(22-20)14(3,4)12(17)18/h5-8H2,1-4H3,(H,15,16)(H,17,18). The predicted molar refractivity (Wildman–Crippen MR) is 87.6 cm³/mol. The molecule has 6 nitrogen and oxygen atoms in total. The number of hydrogen-bond donors (Lipinski definition) is 2. The van der Waals surface area contributed by atoms with Crippen LogP contribution in [0.15, 0.2) is 0 Å². The van der Waals surface area contributed by atoms with E-state index in [0.717, 1.165) is 0 Å². The summed E-state index contributed by atoms with van der Waals surface area (Å²) in [4.78, 5) is 22.9. The van der Waals surface area contributed by atoms with Gasteiger partial charge in [0.05, 0.1) is 33.3 Å². The van der Waals surface area contributed by atoms with Crippen molar-refractivity contribution in [1.82, 2.24) is 0 Å². The topological polar surface area (TPSA) is 109 Å². The highest BCUT2D eigenvalue weighted by atomic mass is 32.1. The van der Waals surface area contributed by atoms with Gasteiger partial charge < -0.3 is 10.2 Å². The Morgan fingerprint density at radius 3 is 1.23 bits per heavy atom. The summed E-state index contributed by atoms with van der Waals surface area (Å²) < 4.78 is 22.2. The molecular formula is C14H22O6S2. The maximum absolute atomic E-state index is 11.1. The molecule has 0 saturated carbocycles. The fourth-order valence-corrected chi connectivity index (χ4v) is 2.77. The number of hydrogen-bond acceptors (Lipinski definition) is 4. The van der Waals surface area contributed by atoms with E-state index in [2.05, 4.69) is 0 Å². The van der Waals surface area contributed by atoms with Gasteiger partial charge in [0, 0.05) is 9.73 Å². The van der Waals surface area contributed by atoms with Crippen LogP contribution in [0, 0.1) is 10.8 Å². The van der Waals surface area contributed by atoms with E-state index in [9.17, 15) is 18.0 Å². The Kier molecular flexibility index (Phi) is 7.89. The summed E-state index contributed by atoms with van der Waals surface area (Å²) in [5, 5.41) is 18.2. The van der Waals surface area contributed by atoms with Crippen LogP contribution >= 0.6 is 0 Å². The van der Waals surface area contributed by atoms with Gasteiger partial charge in [-0.05, 0) is 53.4 Å². The second-order valence-electron chi connectivity index (χ2n) is 6.08. The average Bonchev–Trinajstić information content (AvgIpc) is 2.41. The zero-order valence-corrected chi connectivity index (χ0v) is 14.8. The highest BCUT2D eigenvalue weighted by Crippen LogP contribution is 2.23. The molecule has 0 aromatic rings. The molecule has 0 aliphatic carbocycles. The molecular weight excluding hydrogens is 328 g/mol. The SMILES string of the molecule is CC(C)(C(=O)O)C(CCCCC(=S=O)C(C)(C)C(=O)O)=S=O. The van der Waals surface area contributed by atoms with Crippen LogP contribution in [0.2, 0.25) is 0 Å². The normalized spacial score (nSPS) is 11.6. The number of carboxylic acid groups (broad SMARTS) is 2. The van der Waals surface area contributed by atoms with Gasteiger partial charge in [0.25, 0.3) is 0 Å². The highest BCUT2D eigenvalue weighted by Gasteiger charge is 2.34. The third kappa shape index (κ3) is 5.17. The van der Waals surface area contributed by atoms with Crippen molar-refractivity contribution in [3.8, 4) is 0 Å². The van der Waals surface area contributed by atoms with Crippen molar-refractivity contribution in [2.45, 2.75) is 53.4 Å². The zero-order valence-electron chi connectivity index (χ0n) is 13.2. The predicted octanol–water partition coefficient (Wildman–Crippen LogP) is 1.54. The zero-order chi connectivity index (χ0) is 17.6. The van der Waals surface area contributed by atoms with E-state index < -0.39 is 22.8 Å². The molecule has 126 valence electrons. The molecule has 0 aliphatic heterocycles. The summed E-state index contributed by atoms with van der Waals surface area (Å²) in [6.07, 6.45) is 1.72. The lowest BCUT2D eigenvalue weighted by molar-refractivity contribution is -0.144. The van der Waals surface area contributed by atoms with Gasteiger partial charge in [0.15, 0.2) is 0 Å². The van der Waals surface area contributed by atoms with Crippen LogP contribution in [0.5, 0.6) is 0 Å². The third-order valence-electron chi connectivity index (χ3n) is 3.72. The molecule has 0 radical (unpaired) electrons. The Bertz CT molecular complexity index is 502. The van der Waals surface area contributed by atoms with Crippen LogP contribution in [0.1, 0.15) is 53.4 Å². The number of unbranched alkanes of at least 4 members (excludes halogenated alkanes) is 1. The molecule has 22 heavy (non-hydrogen) atoms. The van der Waals surface area contributed by atoms with Crippen LogP contribution in [-0.2, 0) is 32.1 Å². The summed E-state index contributed by atoms with van der Waals surface area (Å²) in [6.45, 7) is 5.92. The molecule has 0 aliphatic rings. The minimum atomic E-state index is -1.20. The minimum Gasteiger partial charge on any atom is -0.481 e. The lowest BCUT2D eigenvalue weighted by atomic mass is 9.85. The molecule has 0 amide bonds. The van der Waals surface area contributed by atoms with Gasteiger partial charge in [-0.15, -0.1) is 0 Å². The summed E-state index contributed by atoms with van der Waals surface area (Å²) in [5.74, 6) is -2.11. The first-order valence-electron chi connectivity index (χ1n) is 6.80. The van der Waals surface area contributed by atoms with E-state index in [0.29, 0.717) is 35.4 Å². The first-order valence-corrected chi connectivity index (χ1v) is 8.29. The summed E-state index contributed by atoms with van der Waals surface area (Å²) >= 11 is 0.396. The number of carbonyl (C=O) groups is 2. The fraction of sp³-hybridized carbons (Fsp3) is 0.714.